The number of nitrogens with zero attached hydrogens (tertiary/aromatic N) is 3. The fourth-order valence-electron chi connectivity index (χ4n) is 3.50. The van der Waals surface area contributed by atoms with Gasteiger partial charge in [0.05, 0.1) is 6.61 Å². The molecule has 0 amide bonds. The molecule has 0 saturated heterocycles. The molecule has 29 heavy (non-hydrogen) atoms. The summed E-state index contributed by atoms with van der Waals surface area (Å²) in [6.07, 6.45) is 8.18. The van der Waals surface area contributed by atoms with Crippen LogP contribution in [-0.4, -0.2) is 27.7 Å². The van der Waals surface area contributed by atoms with E-state index < -0.39 is 0 Å². The molecule has 0 fully saturated rings. The monoisotopic (exact) mass is 391 g/mol. The number of fused-ring (bicyclic) bond motifs is 2. The minimum absolute atomic E-state index is 0.130. The fraction of sp³-hybridized carbons (Fsp3) is 0.227. The van der Waals surface area contributed by atoms with Gasteiger partial charge in [-0.1, -0.05) is 6.07 Å². The number of ether oxygens (including phenoxy) is 1. The maximum atomic E-state index is 12.9. The number of rotatable bonds is 1. The Balaban J connectivity index is 0.000000159. The molecule has 6 nitrogen and oxygen atoms in total. The predicted molar refractivity (Wildman–Crippen MR) is 110 cm³/mol. The number of aromatic nitrogens is 3. The molecule has 1 aromatic carbocycles. The highest BCUT2D eigenvalue weighted by molar-refractivity contribution is 5.78. The summed E-state index contributed by atoms with van der Waals surface area (Å²) in [6, 6.07) is 7.08. The minimum atomic E-state index is -0.130. The Kier molecular flexibility index (Phi) is 5.12. The lowest BCUT2D eigenvalue weighted by Crippen LogP contribution is -2.25. The number of benzene rings is 1. The molecular weight excluding hydrogens is 369 g/mol. The van der Waals surface area contributed by atoms with E-state index >= 15 is 0 Å². The summed E-state index contributed by atoms with van der Waals surface area (Å²) < 4.78 is 19.9. The summed E-state index contributed by atoms with van der Waals surface area (Å²) in [5, 5.41) is 11.1. The molecule has 2 aromatic heterocycles. The molecule has 148 valence electrons. The third-order valence-electron chi connectivity index (χ3n) is 5.08. The van der Waals surface area contributed by atoms with Crippen LogP contribution in [0.5, 0.6) is 5.75 Å². The maximum Gasteiger partial charge on any atom is 0.227 e. The van der Waals surface area contributed by atoms with Crippen molar-refractivity contribution in [3.63, 3.8) is 0 Å². The van der Waals surface area contributed by atoms with Crippen LogP contribution in [0.15, 0.2) is 42.7 Å². The highest BCUT2D eigenvalue weighted by Gasteiger charge is 2.16. The summed E-state index contributed by atoms with van der Waals surface area (Å²) >= 11 is 0. The van der Waals surface area contributed by atoms with Crippen LogP contribution in [0.1, 0.15) is 16.8 Å². The van der Waals surface area contributed by atoms with E-state index in [0.29, 0.717) is 6.61 Å². The lowest BCUT2D eigenvalue weighted by atomic mass is 10.1. The Labute approximate surface area is 168 Å². The van der Waals surface area contributed by atoms with Crippen molar-refractivity contribution in [2.75, 3.05) is 18.5 Å². The molecule has 5 rings (SSSR count). The molecule has 0 saturated carbocycles. The molecule has 0 atom stereocenters. The van der Waals surface area contributed by atoms with Gasteiger partial charge in [-0.3, -0.25) is 15.0 Å². The lowest BCUT2D eigenvalue weighted by Gasteiger charge is -2.19. The van der Waals surface area contributed by atoms with Crippen LogP contribution >= 0.6 is 0 Å². The van der Waals surface area contributed by atoms with Crippen molar-refractivity contribution in [3.05, 3.63) is 71.0 Å². The van der Waals surface area contributed by atoms with Gasteiger partial charge < -0.3 is 10.1 Å². The van der Waals surface area contributed by atoms with Crippen LogP contribution in [0.4, 0.5) is 10.2 Å². The summed E-state index contributed by atoms with van der Waals surface area (Å²) in [7, 11) is 0. The van der Waals surface area contributed by atoms with E-state index in [0.717, 1.165) is 52.5 Å². The second kappa shape index (κ2) is 7.87. The van der Waals surface area contributed by atoms with E-state index in [9.17, 15) is 4.39 Å². The number of pyridine rings is 1. The van der Waals surface area contributed by atoms with Gasteiger partial charge in [0, 0.05) is 53.9 Å². The number of anilines is 1. The normalized spacial score (nSPS) is 13.5. The quantitative estimate of drug-likeness (QED) is 0.663. The largest absolute Gasteiger partial charge is 0.493 e. The Bertz CT molecular complexity index is 1150. The van der Waals surface area contributed by atoms with Crippen molar-refractivity contribution >= 4 is 12.0 Å². The van der Waals surface area contributed by atoms with Gasteiger partial charge in [-0.15, -0.1) is 0 Å². The Morgan fingerprint density at radius 1 is 1.17 bits per heavy atom. The Hall–Kier alpha value is -3.48. The molecule has 7 heteroatoms. The number of aryl methyl sites for hydroxylation is 1. The van der Waals surface area contributed by atoms with E-state index in [1.807, 2.05) is 31.3 Å². The molecule has 0 bridgehead atoms. The summed E-state index contributed by atoms with van der Waals surface area (Å²) in [4.78, 5) is 8.42. The van der Waals surface area contributed by atoms with Gasteiger partial charge in [0.15, 0.2) is 0 Å². The Morgan fingerprint density at radius 2 is 2.03 bits per heavy atom. The number of hydrogen-bond acceptors (Lipinski definition) is 5. The van der Waals surface area contributed by atoms with E-state index in [1.165, 1.54) is 6.07 Å². The SMILES string of the molecule is Cc1c(F)ccc2c1CCO2.Cc1ncccc1-c1cnc(=N)n2c1NCC=C2. The first-order chi connectivity index (χ1) is 14.1. The Morgan fingerprint density at radius 3 is 2.86 bits per heavy atom. The van der Waals surface area contributed by atoms with Crippen molar-refractivity contribution in [2.45, 2.75) is 20.3 Å². The van der Waals surface area contributed by atoms with Crippen LogP contribution < -0.4 is 15.7 Å². The third kappa shape index (κ3) is 3.63. The number of nitrogens with one attached hydrogen (secondary N) is 2. The molecular formula is C22H22FN5O. The summed E-state index contributed by atoms with van der Waals surface area (Å²) in [6.45, 7) is 5.22. The lowest BCUT2D eigenvalue weighted by molar-refractivity contribution is 0.356. The van der Waals surface area contributed by atoms with Crippen molar-refractivity contribution in [2.24, 2.45) is 0 Å². The average molecular weight is 391 g/mol. The number of halogens is 1. The topological polar surface area (TPSA) is 75.8 Å². The maximum absolute atomic E-state index is 12.9. The van der Waals surface area contributed by atoms with Crippen molar-refractivity contribution in [3.8, 4) is 16.9 Å². The molecule has 4 heterocycles. The van der Waals surface area contributed by atoms with Gasteiger partial charge in [0.2, 0.25) is 5.62 Å². The third-order valence-corrected chi connectivity index (χ3v) is 5.08. The second-order valence-electron chi connectivity index (χ2n) is 6.86. The van der Waals surface area contributed by atoms with Crippen LogP contribution in [-0.2, 0) is 6.42 Å². The molecule has 2 aliphatic rings. The van der Waals surface area contributed by atoms with Gasteiger partial charge >= 0.3 is 0 Å². The van der Waals surface area contributed by atoms with Crippen molar-refractivity contribution < 1.29 is 9.13 Å². The second-order valence-corrected chi connectivity index (χ2v) is 6.86. The minimum Gasteiger partial charge on any atom is -0.493 e. The van der Waals surface area contributed by atoms with E-state index in [4.69, 9.17) is 10.1 Å². The van der Waals surface area contributed by atoms with Crippen LogP contribution in [0, 0.1) is 25.1 Å². The van der Waals surface area contributed by atoms with Gasteiger partial charge in [-0.25, -0.2) is 9.37 Å². The highest BCUT2D eigenvalue weighted by atomic mass is 19.1. The smallest absolute Gasteiger partial charge is 0.227 e. The fourth-order valence-corrected chi connectivity index (χ4v) is 3.50. The summed E-state index contributed by atoms with van der Waals surface area (Å²) in [5.41, 5.74) is 4.96. The first-order valence-electron chi connectivity index (χ1n) is 9.45. The first-order valence-corrected chi connectivity index (χ1v) is 9.45. The molecule has 2 N–H and O–H groups in total. The van der Waals surface area contributed by atoms with E-state index in [2.05, 4.69) is 15.3 Å². The van der Waals surface area contributed by atoms with Crippen molar-refractivity contribution in [1.29, 1.82) is 5.41 Å². The van der Waals surface area contributed by atoms with Gasteiger partial charge in [0.1, 0.15) is 17.4 Å². The van der Waals surface area contributed by atoms with Crippen LogP contribution in [0.3, 0.4) is 0 Å². The highest BCUT2D eigenvalue weighted by Crippen LogP contribution is 2.29. The van der Waals surface area contributed by atoms with E-state index in [1.54, 1.807) is 30.0 Å². The number of hydrogen-bond donors (Lipinski definition) is 2. The molecule has 0 aliphatic carbocycles. The molecule has 0 radical (unpaired) electrons. The van der Waals surface area contributed by atoms with Crippen molar-refractivity contribution in [1.82, 2.24) is 14.5 Å². The molecule has 2 aliphatic heterocycles. The van der Waals surface area contributed by atoms with Gasteiger partial charge in [0.25, 0.3) is 0 Å². The predicted octanol–water partition coefficient (Wildman–Crippen LogP) is 3.70. The molecule has 0 spiro atoms. The average Bonchev–Trinajstić information content (AvgIpc) is 3.22. The van der Waals surface area contributed by atoms with Gasteiger partial charge in [-0.2, -0.15) is 0 Å². The zero-order valence-corrected chi connectivity index (χ0v) is 16.4. The molecule has 0 unspecified atom stereocenters. The zero-order chi connectivity index (χ0) is 20.4. The zero-order valence-electron chi connectivity index (χ0n) is 16.4. The first kappa shape index (κ1) is 18.9. The standard InChI is InChI=1S/C13H13N5.C9H9FO/c1-9-10(4-2-5-15-9)11-8-17-13(14)18-7-3-6-16-12(11)18;1-6-7-4-5-11-9(7)3-2-8(6)10/h2-5,7-8,14,16H,6H2,1H3;2-3H,4-5H2,1H3. The van der Waals surface area contributed by atoms with E-state index in [-0.39, 0.29) is 11.4 Å². The van der Waals surface area contributed by atoms with Crippen LogP contribution in [0.25, 0.3) is 17.3 Å². The van der Waals surface area contributed by atoms with Gasteiger partial charge in [-0.05, 0) is 43.7 Å². The molecule has 3 aromatic rings. The summed E-state index contributed by atoms with van der Waals surface area (Å²) in [5.74, 6) is 1.62. The van der Waals surface area contributed by atoms with Crippen LogP contribution in [0.2, 0.25) is 0 Å².